The first-order valence-electron chi connectivity index (χ1n) is 5.75. The van der Waals surface area contributed by atoms with Crippen LogP contribution in [0.25, 0.3) is 10.4 Å². The van der Waals surface area contributed by atoms with E-state index in [1.165, 1.54) is 7.11 Å². The lowest BCUT2D eigenvalue weighted by molar-refractivity contribution is -0.148. The Morgan fingerprint density at radius 1 is 1.50 bits per heavy atom. The van der Waals surface area contributed by atoms with E-state index in [1.54, 1.807) is 25.1 Å². The summed E-state index contributed by atoms with van der Waals surface area (Å²) in [6.45, 7) is 2.19. The van der Waals surface area contributed by atoms with Crippen LogP contribution in [-0.4, -0.2) is 26.2 Å². The lowest BCUT2D eigenvalue weighted by atomic mass is 9.92. The van der Waals surface area contributed by atoms with Crippen molar-refractivity contribution in [3.05, 3.63) is 44.3 Å². The molecule has 6 nitrogen and oxygen atoms in total. The highest BCUT2D eigenvalue weighted by Crippen LogP contribution is 2.29. The molecule has 1 unspecified atom stereocenters. The lowest BCUT2D eigenvalue weighted by Gasteiger charge is -2.28. The first kappa shape index (κ1) is 16.6. The van der Waals surface area contributed by atoms with Crippen LogP contribution in [0.2, 0.25) is 10.0 Å². The number of benzene rings is 1. The molecule has 0 fully saturated rings. The molecule has 0 radical (unpaired) electrons. The van der Waals surface area contributed by atoms with Gasteiger partial charge in [-0.1, -0.05) is 34.4 Å². The van der Waals surface area contributed by atoms with Crippen molar-refractivity contribution in [2.24, 2.45) is 5.11 Å². The molecule has 0 spiro atoms. The summed E-state index contributed by atoms with van der Waals surface area (Å²) in [6, 6.07) is 4.89. The van der Waals surface area contributed by atoms with Crippen molar-refractivity contribution in [2.45, 2.75) is 12.5 Å². The van der Waals surface area contributed by atoms with Crippen LogP contribution in [0.15, 0.2) is 23.3 Å². The minimum Gasteiger partial charge on any atom is -0.467 e. The van der Waals surface area contributed by atoms with Gasteiger partial charge in [-0.3, -0.25) is 5.32 Å². The molecule has 1 aromatic rings. The van der Waals surface area contributed by atoms with E-state index in [9.17, 15) is 4.79 Å². The third-order valence-corrected chi connectivity index (χ3v) is 3.58. The second-order valence-corrected chi connectivity index (χ2v) is 4.94. The maximum atomic E-state index is 12.0. The van der Waals surface area contributed by atoms with E-state index in [1.807, 2.05) is 0 Å². The van der Waals surface area contributed by atoms with Gasteiger partial charge in [0.25, 0.3) is 0 Å². The second-order valence-electron chi connectivity index (χ2n) is 4.13. The molecule has 8 heteroatoms. The molecule has 0 aliphatic heterocycles. The Bertz CT molecular complexity index is 546. The lowest BCUT2D eigenvalue weighted by Crippen LogP contribution is -2.48. The van der Waals surface area contributed by atoms with Crippen molar-refractivity contribution in [3.8, 4) is 0 Å². The number of methoxy groups -OCH3 is 1. The van der Waals surface area contributed by atoms with Crippen LogP contribution in [0.3, 0.4) is 0 Å². The van der Waals surface area contributed by atoms with Gasteiger partial charge in [-0.05, 0) is 30.2 Å². The third-order valence-electron chi connectivity index (χ3n) is 2.84. The summed E-state index contributed by atoms with van der Waals surface area (Å²) in [5, 5.41) is 7.15. The van der Waals surface area contributed by atoms with E-state index in [0.29, 0.717) is 22.2 Å². The molecule has 1 rings (SSSR count). The maximum absolute atomic E-state index is 12.0. The number of carbonyl (C=O) groups excluding carboxylic acids is 1. The molecule has 0 aliphatic carbocycles. The molecule has 0 saturated heterocycles. The van der Waals surface area contributed by atoms with Gasteiger partial charge in [-0.15, -0.1) is 0 Å². The number of halogens is 2. The van der Waals surface area contributed by atoms with Crippen LogP contribution in [0, 0.1) is 0 Å². The summed E-state index contributed by atoms with van der Waals surface area (Å²) in [6.07, 6.45) is 0. The smallest absolute Gasteiger partial charge is 0.330 e. The fraction of sp³-hybridized carbons (Fsp3) is 0.417. The van der Waals surface area contributed by atoms with Crippen LogP contribution in [0.4, 0.5) is 0 Å². The fourth-order valence-electron chi connectivity index (χ4n) is 1.70. The third kappa shape index (κ3) is 3.77. The zero-order chi connectivity index (χ0) is 15.2. The minimum atomic E-state index is -1.10. The topological polar surface area (TPSA) is 87.1 Å². The Morgan fingerprint density at radius 3 is 2.75 bits per heavy atom. The van der Waals surface area contributed by atoms with Gasteiger partial charge in [0.2, 0.25) is 0 Å². The average Bonchev–Trinajstić information content (AvgIpc) is 2.45. The van der Waals surface area contributed by atoms with Crippen molar-refractivity contribution in [1.29, 1.82) is 0 Å². The first-order valence-corrected chi connectivity index (χ1v) is 6.51. The molecule has 0 bridgehead atoms. The molecule has 0 aromatic heterocycles. The highest BCUT2D eigenvalue weighted by molar-refractivity contribution is 6.42. The van der Waals surface area contributed by atoms with Crippen molar-refractivity contribution < 1.29 is 9.53 Å². The molecule has 1 atom stereocenters. The molecule has 0 heterocycles. The second kappa shape index (κ2) is 7.36. The number of azide groups is 1. The molecule has 0 amide bonds. The maximum Gasteiger partial charge on any atom is 0.330 e. The van der Waals surface area contributed by atoms with E-state index in [2.05, 4.69) is 15.3 Å². The van der Waals surface area contributed by atoms with Gasteiger partial charge in [0.05, 0.1) is 17.2 Å². The SMILES string of the molecule is COC(=O)C(C)(NCCN=[N+]=[N-])c1ccc(Cl)c(Cl)c1. The summed E-state index contributed by atoms with van der Waals surface area (Å²) in [4.78, 5) is 14.7. The van der Waals surface area contributed by atoms with Crippen LogP contribution >= 0.6 is 23.2 Å². The Hall–Kier alpha value is -1.46. The van der Waals surface area contributed by atoms with Gasteiger partial charge in [0, 0.05) is 18.0 Å². The minimum absolute atomic E-state index is 0.213. The van der Waals surface area contributed by atoms with Crippen LogP contribution in [0.5, 0.6) is 0 Å². The van der Waals surface area contributed by atoms with Crippen molar-refractivity contribution in [3.63, 3.8) is 0 Å². The summed E-state index contributed by atoms with van der Waals surface area (Å²) >= 11 is 11.8. The first-order chi connectivity index (χ1) is 9.45. The van der Waals surface area contributed by atoms with Gasteiger partial charge in [0.1, 0.15) is 5.54 Å². The molecular formula is C12H14Cl2N4O2. The van der Waals surface area contributed by atoms with E-state index in [-0.39, 0.29) is 6.54 Å². The van der Waals surface area contributed by atoms with E-state index in [0.717, 1.165) is 0 Å². The summed E-state index contributed by atoms with van der Waals surface area (Å²) in [5.74, 6) is -0.475. The number of hydrogen-bond donors (Lipinski definition) is 1. The molecule has 108 valence electrons. The molecule has 1 N–H and O–H groups in total. The number of rotatable bonds is 6. The van der Waals surface area contributed by atoms with Crippen LogP contribution in [-0.2, 0) is 15.1 Å². The normalized spacial score (nSPS) is 13.2. The predicted molar refractivity (Wildman–Crippen MR) is 77.8 cm³/mol. The van der Waals surface area contributed by atoms with E-state index in [4.69, 9.17) is 33.5 Å². The predicted octanol–water partition coefficient (Wildman–Crippen LogP) is 3.28. The molecular weight excluding hydrogens is 303 g/mol. The van der Waals surface area contributed by atoms with Gasteiger partial charge in [-0.2, -0.15) is 0 Å². The number of carbonyl (C=O) groups is 1. The molecule has 20 heavy (non-hydrogen) atoms. The van der Waals surface area contributed by atoms with Gasteiger partial charge in [0.15, 0.2) is 0 Å². The number of nitrogens with zero attached hydrogens (tertiary/aromatic N) is 3. The summed E-state index contributed by atoms with van der Waals surface area (Å²) < 4.78 is 4.82. The van der Waals surface area contributed by atoms with E-state index >= 15 is 0 Å². The largest absolute Gasteiger partial charge is 0.467 e. The molecule has 0 aliphatic rings. The standard InChI is InChI=1S/C12H14Cl2N4O2/c1-12(11(19)20-2,16-5-6-17-18-15)8-3-4-9(13)10(14)7-8/h3-4,7,16H,5-6H2,1-2H3. The number of esters is 1. The number of ether oxygens (including phenoxy) is 1. The Balaban J connectivity index is 3.06. The zero-order valence-corrected chi connectivity index (χ0v) is 12.6. The Morgan fingerprint density at radius 2 is 2.20 bits per heavy atom. The zero-order valence-electron chi connectivity index (χ0n) is 11.1. The Labute approximate surface area is 126 Å². The molecule has 1 aromatic carbocycles. The Kier molecular flexibility index (Phi) is 6.10. The number of nitrogens with one attached hydrogen (secondary N) is 1. The van der Waals surface area contributed by atoms with Gasteiger partial charge in [-0.25, -0.2) is 4.79 Å². The van der Waals surface area contributed by atoms with Crippen molar-refractivity contribution in [1.82, 2.24) is 5.32 Å². The number of hydrogen-bond acceptors (Lipinski definition) is 4. The quantitative estimate of drug-likeness (QED) is 0.287. The van der Waals surface area contributed by atoms with Gasteiger partial charge < -0.3 is 4.74 Å². The summed E-state index contributed by atoms with van der Waals surface area (Å²) in [5.41, 5.74) is 7.75. The highest BCUT2D eigenvalue weighted by atomic mass is 35.5. The van der Waals surface area contributed by atoms with Crippen molar-refractivity contribution in [2.75, 3.05) is 20.2 Å². The fourth-order valence-corrected chi connectivity index (χ4v) is 2.00. The monoisotopic (exact) mass is 316 g/mol. The van der Waals surface area contributed by atoms with E-state index < -0.39 is 11.5 Å². The van der Waals surface area contributed by atoms with Gasteiger partial charge >= 0.3 is 5.97 Å². The molecule has 0 saturated carbocycles. The average molecular weight is 317 g/mol. The van der Waals surface area contributed by atoms with Crippen molar-refractivity contribution >= 4 is 29.2 Å². The highest BCUT2D eigenvalue weighted by Gasteiger charge is 2.36. The van der Waals surface area contributed by atoms with Crippen LogP contribution in [0.1, 0.15) is 12.5 Å². The summed E-state index contributed by atoms with van der Waals surface area (Å²) in [7, 11) is 1.30. The van der Waals surface area contributed by atoms with Crippen LogP contribution < -0.4 is 5.32 Å².